The number of aryl methyl sites for hydroxylation is 1. The Morgan fingerprint density at radius 1 is 0.806 bits per heavy atom. The molecule has 6 nitrogen and oxygen atoms in total. The molecule has 1 aliphatic heterocycles. The van der Waals surface area contributed by atoms with Gasteiger partial charge in [-0.2, -0.15) is 5.26 Å². The highest BCUT2D eigenvalue weighted by Crippen LogP contribution is 2.35. The van der Waals surface area contributed by atoms with E-state index in [4.69, 9.17) is 9.97 Å². The molecule has 2 aromatic carbocycles. The van der Waals surface area contributed by atoms with Crippen LogP contribution in [0.4, 0.5) is 11.6 Å². The fourth-order valence-corrected chi connectivity index (χ4v) is 5.36. The van der Waals surface area contributed by atoms with Crippen LogP contribution >= 0.6 is 0 Å². The van der Waals surface area contributed by atoms with Gasteiger partial charge < -0.3 is 9.80 Å². The van der Waals surface area contributed by atoms with Crippen LogP contribution in [0.15, 0.2) is 72.8 Å². The molecule has 0 aliphatic carbocycles. The van der Waals surface area contributed by atoms with Crippen LogP contribution in [0.1, 0.15) is 27.9 Å². The van der Waals surface area contributed by atoms with Gasteiger partial charge in [0.25, 0.3) is 0 Å². The molecule has 0 bridgehead atoms. The monoisotopic (exact) mass is 472 g/mol. The molecule has 178 valence electrons. The molecule has 6 heteroatoms. The topological polar surface area (TPSA) is 60.5 Å². The number of nitriles is 1. The molecule has 1 saturated heterocycles. The van der Waals surface area contributed by atoms with Crippen molar-refractivity contribution in [3.63, 3.8) is 0 Å². The third kappa shape index (κ3) is 3.74. The van der Waals surface area contributed by atoms with Gasteiger partial charge in [0.05, 0.1) is 16.6 Å². The maximum atomic E-state index is 10.2. The van der Waals surface area contributed by atoms with Gasteiger partial charge >= 0.3 is 0 Å². The van der Waals surface area contributed by atoms with Crippen LogP contribution in [-0.4, -0.2) is 40.5 Å². The minimum Gasteiger partial charge on any atom is -0.354 e. The van der Waals surface area contributed by atoms with E-state index < -0.39 is 0 Å². The summed E-state index contributed by atoms with van der Waals surface area (Å²) in [7, 11) is 0. The second kappa shape index (κ2) is 9.01. The number of nitrogens with zero attached hydrogens (tertiary/aromatic N) is 6. The second-order valence-corrected chi connectivity index (χ2v) is 9.45. The molecule has 0 radical (unpaired) electrons. The zero-order valence-electron chi connectivity index (χ0n) is 20.6. The third-order valence-corrected chi connectivity index (χ3v) is 7.21. The minimum absolute atomic E-state index is 0.656. The number of hydrogen-bond acceptors (Lipinski definition) is 5. The van der Waals surface area contributed by atoms with Crippen molar-refractivity contribution in [2.24, 2.45) is 0 Å². The van der Waals surface area contributed by atoms with Crippen LogP contribution in [0.5, 0.6) is 0 Å². The molecule has 4 heterocycles. The van der Waals surface area contributed by atoms with E-state index >= 15 is 0 Å². The fourth-order valence-electron chi connectivity index (χ4n) is 5.36. The van der Waals surface area contributed by atoms with E-state index in [1.54, 1.807) is 0 Å². The predicted octanol–water partition coefficient (Wildman–Crippen LogP) is 5.29. The number of piperazine rings is 1. The van der Waals surface area contributed by atoms with Gasteiger partial charge in [0.1, 0.15) is 17.7 Å². The summed E-state index contributed by atoms with van der Waals surface area (Å²) in [4.78, 5) is 14.5. The first-order valence-electron chi connectivity index (χ1n) is 12.4. The molecule has 0 unspecified atom stereocenters. The largest absolute Gasteiger partial charge is 0.354 e. The molecule has 0 saturated carbocycles. The van der Waals surface area contributed by atoms with Gasteiger partial charge in [-0.05, 0) is 49.2 Å². The van der Waals surface area contributed by atoms with Crippen LogP contribution < -0.4 is 9.80 Å². The Balaban J connectivity index is 1.51. The highest BCUT2D eigenvalue weighted by Gasteiger charge is 2.27. The van der Waals surface area contributed by atoms with E-state index in [9.17, 15) is 5.26 Å². The Bertz CT molecular complexity index is 1600. The fraction of sp³-hybridized carbons (Fsp3) is 0.233. The summed E-state index contributed by atoms with van der Waals surface area (Å²) in [5, 5.41) is 10.2. The van der Waals surface area contributed by atoms with Gasteiger partial charge in [0.2, 0.25) is 0 Å². The van der Waals surface area contributed by atoms with Gasteiger partial charge in [-0.15, -0.1) is 0 Å². The van der Waals surface area contributed by atoms with Crippen LogP contribution in [0.3, 0.4) is 0 Å². The van der Waals surface area contributed by atoms with E-state index in [1.807, 2.05) is 37.3 Å². The number of anilines is 2. The van der Waals surface area contributed by atoms with Crippen LogP contribution in [0, 0.1) is 25.2 Å². The lowest BCUT2D eigenvalue weighted by Crippen LogP contribution is -2.47. The number of hydrogen-bond donors (Lipinski definition) is 0. The number of rotatable bonds is 4. The van der Waals surface area contributed by atoms with Gasteiger partial charge in [-0.1, -0.05) is 48.5 Å². The van der Waals surface area contributed by atoms with Crippen LogP contribution in [0.25, 0.3) is 16.7 Å². The van der Waals surface area contributed by atoms with Crippen molar-refractivity contribution in [1.82, 2.24) is 14.4 Å². The number of aromatic nitrogens is 3. The van der Waals surface area contributed by atoms with E-state index in [0.29, 0.717) is 5.56 Å². The lowest BCUT2D eigenvalue weighted by molar-refractivity contribution is 0.637. The number of benzene rings is 2. The zero-order chi connectivity index (χ0) is 24.6. The molecular formula is C30H28N6. The van der Waals surface area contributed by atoms with Crippen LogP contribution in [-0.2, 0) is 6.42 Å². The summed E-state index contributed by atoms with van der Waals surface area (Å²) in [5.41, 5.74) is 7.82. The molecule has 1 aliphatic rings. The quantitative estimate of drug-likeness (QED) is 0.356. The van der Waals surface area contributed by atoms with Gasteiger partial charge in [0, 0.05) is 43.9 Å². The first kappa shape index (κ1) is 22.1. The van der Waals surface area contributed by atoms with E-state index in [-0.39, 0.29) is 0 Å². The normalized spacial score (nSPS) is 13.9. The summed E-state index contributed by atoms with van der Waals surface area (Å²) in [5.74, 6) is 2.18. The second-order valence-electron chi connectivity index (χ2n) is 9.45. The van der Waals surface area contributed by atoms with Crippen molar-refractivity contribution >= 4 is 28.3 Å². The number of fused-ring (bicyclic) bond motifs is 3. The first-order chi connectivity index (χ1) is 17.6. The van der Waals surface area contributed by atoms with Crippen molar-refractivity contribution in [2.45, 2.75) is 20.3 Å². The summed E-state index contributed by atoms with van der Waals surface area (Å²) in [6, 6.07) is 27.4. The number of pyridine rings is 2. The molecule has 1 fully saturated rings. The molecule has 0 spiro atoms. The molecule has 5 aromatic rings. The van der Waals surface area contributed by atoms with Crippen molar-refractivity contribution in [3.8, 4) is 6.07 Å². The maximum absolute atomic E-state index is 10.2. The van der Waals surface area contributed by atoms with Crippen molar-refractivity contribution < 1.29 is 0 Å². The van der Waals surface area contributed by atoms with Crippen molar-refractivity contribution in [1.29, 1.82) is 5.26 Å². The highest BCUT2D eigenvalue weighted by atomic mass is 15.3. The Labute approximate surface area is 211 Å². The first-order valence-corrected chi connectivity index (χ1v) is 12.4. The van der Waals surface area contributed by atoms with Gasteiger partial charge in [-0.3, -0.25) is 4.40 Å². The van der Waals surface area contributed by atoms with E-state index in [2.05, 4.69) is 69.7 Å². The van der Waals surface area contributed by atoms with E-state index in [1.165, 1.54) is 11.1 Å². The summed E-state index contributed by atoms with van der Waals surface area (Å²) < 4.78 is 2.22. The summed E-state index contributed by atoms with van der Waals surface area (Å²) in [6.45, 7) is 7.61. The van der Waals surface area contributed by atoms with Crippen molar-refractivity contribution in [3.05, 3.63) is 101 Å². The number of para-hydroxylation sites is 2. The molecule has 0 atom stereocenters. The van der Waals surface area contributed by atoms with Crippen molar-refractivity contribution in [2.75, 3.05) is 36.0 Å². The minimum atomic E-state index is 0.656. The lowest BCUT2D eigenvalue weighted by Gasteiger charge is -2.38. The van der Waals surface area contributed by atoms with Crippen LogP contribution in [0.2, 0.25) is 0 Å². The maximum Gasteiger partial charge on any atom is 0.157 e. The molecule has 3 aromatic heterocycles. The summed E-state index contributed by atoms with van der Waals surface area (Å²) in [6.07, 6.45) is 0.763. The zero-order valence-corrected chi connectivity index (χ0v) is 20.6. The van der Waals surface area contributed by atoms with Gasteiger partial charge in [-0.25, -0.2) is 9.97 Å². The molecule has 6 rings (SSSR count). The molecule has 0 amide bonds. The Morgan fingerprint density at radius 2 is 1.53 bits per heavy atom. The molecule has 36 heavy (non-hydrogen) atoms. The molecular weight excluding hydrogens is 444 g/mol. The van der Waals surface area contributed by atoms with E-state index in [0.717, 1.165) is 72.2 Å². The SMILES string of the molecule is Cc1cccc(N2CCN(c3c(Cc4ccccc4)c(C)c(C#N)c4nc5ccccc5n34)CC2)n1. The highest BCUT2D eigenvalue weighted by molar-refractivity contribution is 5.86. The smallest absolute Gasteiger partial charge is 0.157 e. The van der Waals surface area contributed by atoms with Gasteiger partial charge in [0.15, 0.2) is 5.65 Å². The third-order valence-electron chi connectivity index (χ3n) is 7.21. The standard InChI is InChI=1S/C30H28N6/c1-21-9-8-14-28(32-21)34-15-17-35(18-16-34)30-24(19-23-10-4-3-5-11-23)22(2)25(20-31)29-33-26-12-6-7-13-27(26)36(29)30/h3-14H,15-19H2,1-2H3. The Hall–Kier alpha value is -4.37. The average molecular weight is 473 g/mol. The lowest BCUT2D eigenvalue weighted by atomic mass is 9.97. The Kier molecular flexibility index (Phi) is 5.54. The molecule has 0 N–H and O–H groups in total. The average Bonchev–Trinajstić information content (AvgIpc) is 3.29. The Morgan fingerprint density at radius 3 is 2.28 bits per heavy atom. The predicted molar refractivity (Wildman–Crippen MR) is 145 cm³/mol. The number of imidazole rings is 1. The summed E-state index contributed by atoms with van der Waals surface area (Å²) >= 11 is 0.